The van der Waals surface area contributed by atoms with Gasteiger partial charge in [0.25, 0.3) is 5.56 Å². The number of carbonyl (C=O) groups is 1. The van der Waals surface area contributed by atoms with E-state index in [1.165, 1.54) is 70.6 Å². The van der Waals surface area contributed by atoms with E-state index in [9.17, 15) is 14.7 Å². The van der Waals surface area contributed by atoms with Crippen molar-refractivity contribution in [1.82, 2.24) is 14.5 Å². The van der Waals surface area contributed by atoms with E-state index in [1.807, 2.05) is 24.3 Å². The highest BCUT2D eigenvalue weighted by molar-refractivity contribution is 5.88. The lowest BCUT2D eigenvalue weighted by Gasteiger charge is -2.53. The Kier molecular flexibility index (Phi) is 5.36. The molecule has 3 heterocycles. The van der Waals surface area contributed by atoms with Crippen molar-refractivity contribution in [2.75, 3.05) is 0 Å². The molecule has 0 unspecified atom stereocenters. The number of nitrogens with zero attached hydrogens (tertiary/aromatic N) is 3. The first-order valence-electron chi connectivity index (χ1n) is 13.5. The fraction of sp³-hybridized carbons (Fsp3) is 0.679. The molecule has 1 aromatic heterocycles. The van der Waals surface area contributed by atoms with Crippen LogP contribution in [0.2, 0.25) is 0 Å². The minimum absolute atomic E-state index is 0.0344. The van der Waals surface area contributed by atoms with E-state index in [2.05, 4.69) is 16.8 Å². The predicted octanol–water partition coefficient (Wildman–Crippen LogP) is 5.55. The monoisotopic (exact) mass is 463 g/mol. The quantitative estimate of drug-likeness (QED) is 0.644. The first-order valence-corrected chi connectivity index (χ1v) is 13.5. The highest BCUT2D eigenvalue weighted by atomic mass is 16.4. The Morgan fingerprint density at radius 2 is 1.74 bits per heavy atom. The van der Waals surface area contributed by atoms with Gasteiger partial charge in [0.15, 0.2) is 0 Å². The molecular weight excluding hydrogens is 426 g/mol. The summed E-state index contributed by atoms with van der Waals surface area (Å²) in [5, 5.41) is 9.70. The molecule has 2 bridgehead atoms. The molecule has 34 heavy (non-hydrogen) atoms. The summed E-state index contributed by atoms with van der Waals surface area (Å²) in [5.74, 6) is -1.23. The molecule has 1 spiro atoms. The number of carboxylic acids is 1. The molecule has 6 nitrogen and oxygen atoms in total. The predicted molar refractivity (Wildman–Crippen MR) is 132 cm³/mol. The molecule has 0 radical (unpaired) electrons. The molecule has 6 rings (SSSR count). The molecule has 6 heteroatoms. The number of rotatable bonds is 4. The van der Waals surface area contributed by atoms with Gasteiger partial charge >= 0.3 is 5.97 Å². The zero-order chi connectivity index (χ0) is 23.5. The van der Waals surface area contributed by atoms with Crippen molar-refractivity contribution in [2.24, 2.45) is 5.41 Å². The van der Waals surface area contributed by atoms with Crippen LogP contribution in [0.25, 0.3) is 11.0 Å². The Hall–Kier alpha value is -2.21. The normalized spacial score (nSPS) is 30.2. The maximum absolute atomic E-state index is 13.4. The average molecular weight is 464 g/mol. The largest absolute Gasteiger partial charge is 0.476 e. The van der Waals surface area contributed by atoms with E-state index in [-0.39, 0.29) is 11.7 Å². The van der Waals surface area contributed by atoms with Gasteiger partial charge < -0.3 is 9.67 Å². The molecule has 4 fully saturated rings. The second-order valence-corrected chi connectivity index (χ2v) is 11.5. The van der Waals surface area contributed by atoms with Crippen LogP contribution in [0.1, 0.15) is 107 Å². The van der Waals surface area contributed by atoms with E-state index >= 15 is 0 Å². The lowest BCUT2D eigenvalue weighted by molar-refractivity contribution is -0.0316. The third-order valence-corrected chi connectivity index (χ3v) is 9.86. The topological polar surface area (TPSA) is 75.4 Å². The molecule has 4 aliphatic rings. The molecule has 2 aromatic rings. The fourth-order valence-electron chi connectivity index (χ4n) is 8.12. The van der Waals surface area contributed by atoms with Gasteiger partial charge in [-0.1, -0.05) is 51.2 Å². The molecule has 182 valence electrons. The van der Waals surface area contributed by atoms with E-state index in [0.29, 0.717) is 28.6 Å². The average Bonchev–Trinajstić information content (AvgIpc) is 3.56. The minimum Gasteiger partial charge on any atom is -0.476 e. The molecule has 3 atom stereocenters. The summed E-state index contributed by atoms with van der Waals surface area (Å²) in [6, 6.07) is 8.56. The number of piperidine rings is 1. The van der Waals surface area contributed by atoms with Crippen LogP contribution in [-0.4, -0.2) is 43.1 Å². The minimum atomic E-state index is -1.23. The molecule has 2 saturated heterocycles. The summed E-state index contributed by atoms with van der Waals surface area (Å²) >= 11 is 0. The van der Waals surface area contributed by atoms with Gasteiger partial charge in [0.2, 0.25) is 5.69 Å². The molecule has 1 aromatic carbocycles. The van der Waals surface area contributed by atoms with Crippen molar-refractivity contribution < 1.29 is 9.90 Å². The number of fused-ring (bicyclic) bond motifs is 4. The maximum Gasteiger partial charge on any atom is 0.360 e. The number of aromatic nitrogens is 2. The number of carboxylic acid groups (broad SMARTS) is 1. The van der Waals surface area contributed by atoms with Gasteiger partial charge in [0, 0.05) is 23.7 Å². The second-order valence-electron chi connectivity index (χ2n) is 11.5. The Morgan fingerprint density at radius 3 is 2.41 bits per heavy atom. The van der Waals surface area contributed by atoms with Crippen LogP contribution < -0.4 is 5.56 Å². The summed E-state index contributed by atoms with van der Waals surface area (Å²) in [5.41, 5.74) is 1.30. The van der Waals surface area contributed by atoms with Gasteiger partial charge in [0.05, 0.1) is 11.0 Å². The van der Waals surface area contributed by atoms with Gasteiger partial charge in [-0.3, -0.25) is 9.69 Å². The lowest BCUT2D eigenvalue weighted by Crippen LogP contribution is -2.58. The van der Waals surface area contributed by atoms with Crippen molar-refractivity contribution in [2.45, 2.75) is 114 Å². The summed E-state index contributed by atoms with van der Waals surface area (Å²) in [6.45, 7) is 2.40. The molecule has 1 N–H and O–H groups in total. The van der Waals surface area contributed by atoms with E-state index in [1.54, 1.807) is 4.57 Å². The van der Waals surface area contributed by atoms with Crippen LogP contribution in [0, 0.1) is 5.41 Å². The van der Waals surface area contributed by atoms with E-state index in [0.717, 1.165) is 18.4 Å². The number of aromatic carboxylic acids is 1. The number of para-hydroxylation sites is 2. The van der Waals surface area contributed by atoms with Crippen LogP contribution in [0.4, 0.5) is 0 Å². The van der Waals surface area contributed by atoms with Crippen LogP contribution in [0.5, 0.6) is 0 Å². The standard InChI is InChI=1S/C28H37N3O3/c1-2-28(12-8-4-3-5-9-13-28)31-20-16-19(17-23(31)27(18-20)14-15-27)30-22-11-7-6-10-21(22)29-24(25(30)32)26(33)34/h6-7,10-11,19-20,23H,2-5,8-9,12-18H2,1H3,(H,33,34)/t19-,20-,23+/m1/s1. The Bertz CT molecular complexity index is 1160. The summed E-state index contributed by atoms with van der Waals surface area (Å²) in [4.78, 5) is 32.5. The molecule has 2 aliphatic carbocycles. The van der Waals surface area contributed by atoms with Crippen LogP contribution in [-0.2, 0) is 0 Å². The third-order valence-electron chi connectivity index (χ3n) is 9.86. The zero-order valence-corrected chi connectivity index (χ0v) is 20.3. The Morgan fingerprint density at radius 1 is 1.03 bits per heavy atom. The summed E-state index contributed by atoms with van der Waals surface area (Å²) < 4.78 is 1.81. The zero-order valence-electron chi connectivity index (χ0n) is 20.3. The van der Waals surface area contributed by atoms with Crippen LogP contribution in [0.15, 0.2) is 29.1 Å². The van der Waals surface area contributed by atoms with Gasteiger partial charge in [-0.25, -0.2) is 9.78 Å². The SMILES string of the molecule is CCC1(N2[C@@H]3C[C@@H](n4c(=O)c(C(=O)O)nc5ccccc54)C[C@H]2C2(CC2)C3)CCCCCCC1. The third kappa shape index (κ3) is 3.35. The van der Waals surface area contributed by atoms with Crippen molar-refractivity contribution in [3.05, 3.63) is 40.3 Å². The van der Waals surface area contributed by atoms with Gasteiger partial charge in [-0.2, -0.15) is 0 Å². The van der Waals surface area contributed by atoms with Crippen molar-refractivity contribution in [1.29, 1.82) is 0 Å². The first-order chi connectivity index (χ1) is 16.5. The van der Waals surface area contributed by atoms with Gasteiger partial charge in [0.1, 0.15) is 0 Å². The Balaban J connectivity index is 1.42. The van der Waals surface area contributed by atoms with E-state index < -0.39 is 11.5 Å². The van der Waals surface area contributed by atoms with E-state index in [4.69, 9.17) is 0 Å². The molecule has 0 amide bonds. The molecule has 2 saturated carbocycles. The first kappa shape index (κ1) is 22.3. The van der Waals surface area contributed by atoms with Gasteiger partial charge in [-0.15, -0.1) is 0 Å². The van der Waals surface area contributed by atoms with Crippen LogP contribution in [0.3, 0.4) is 0 Å². The second kappa shape index (κ2) is 8.18. The van der Waals surface area contributed by atoms with Crippen molar-refractivity contribution in [3.63, 3.8) is 0 Å². The lowest BCUT2D eigenvalue weighted by atomic mass is 9.77. The Labute approximate surface area is 201 Å². The fourth-order valence-corrected chi connectivity index (χ4v) is 8.12. The molecule has 2 aliphatic heterocycles. The number of benzene rings is 1. The maximum atomic E-state index is 13.4. The smallest absolute Gasteiger partial charge is 0.360 e. The summed E-state index contributed by atoms with van der Waals surface area (Å²) in [7, 11) is 0. The highest BCUT2D eigenvalue weighted by Crippen LogP contribution is 2.66. The van der Waals surface area contributed by atoms with Crippen molar-refractivity contribution in [3.8, 4) is 0 Å². The summed E-state index contributed by atoms with van der Waals surface area (Å²) in [6.07, 6.45) is 16.3. The van der Waals surface area contributed by atoms with Crippen LogP contribution >= 0.6 is 0 Å². The molecular formula is C28H37N3O3. The highest BCUT2D eigenvalue weighted by Gasteiger charge is 2.64. The van der Waals surface area contributed by atoms with Gasteiger partial charge in [-0.05, 0) is 68.9 Å². The van der Waals surface area contributed by atoms with Crippen molar-refractivity contribution >= 4 is 17.0 Å². The number of hydrogen-bond donors (Lipinski definition) is 1. The number of hydrogen-bond acceptors (Lipinski definition) is 4.